The number of benzene rings is 1. The van der Waals surface area contributed by atoms with Crippen LogP contribution in [0.4, 0.5) is 0 Å². The average Bonchev–Trinajstić information content (AvgIpc) is 2.39. The summed E-state index contributed by atoms with van der Waals surface area (Å²) in [5.74, 6) is 0.523. The van der Waals surface area contributed by atoms with E-state index in [1.807, 2.05) is 6.92 Å². The highest BCUT2D eigenvalue weighted by atomic mass is 16.5. The number of hydrogen-bond donors (Lipinski definition) is 2. The van der Waals surface area contributed by atoms with Crippen LogP contribution in [0.2, 0.25) is 0 Å². The predicted octanol–water partition coefficient (Wildman–Crippen LogP) is 2.25. The molecule has 0 saturated carbocycles. The summed E-state index contributed by atoms with van der Waals surface area (Å²) < 4.78 is 5.56. The maximum atomic E-state index is 11.9. The van der Waals surface area contributed by atoms with E-state index < -0.39 is 6.10 Å². The van der Waals surface area contributed by atoms with Crippen LogP contribution >= 0.6 is 0 Å². The molecule has 0 bridgehead atoms. The van der Waals surface area contributed by atoms with E-state index in [-0.39, 0.29) is 18.6 Å². The minimum Gasteiger partial charge on any atom is -0.481 e. The summed E-state index contributed by atoms with van der Waals surface area (Å²) in [5, 5.41) is 11.9. The molecule has 0 aromatic heterocycles. The van der Waals surface area contributed by atoms with Gasteiger partial charge in [0.25, 0.3) is 5.91 Å². The molecule has 0 fully saturated rings. The van der Waals surface area contributed by atoms with Crippen molar-refractivity contribution in [1.82, 2.24) is 5.32 Å². The quantitative estimate of drug-likeness (QED) is 0.795. The Balaban J connectivity index is 2.48. The molecule has 0 saturated heterocycles. The lowest BCUT2D eigenvalue weighted by molar-refractivity contribution is -0.127. The van der Waals surface area contributed by atoms with Gasteiger partial charge in [-0.05, 0) is 38.0 Å². The first kappa shape index (κ1) is 15.5. The molecule has 4 nitrogen and oxygen atoms in total. The van der Waals surface area contributed by atoms with E-state index in [1.54, 1.807) is 31.2 Å². The van der Waals surface area contributed by atoms with Gasteiger partial charge in [0.1, 0.15) is 5.75 Å². The maximum absolute atomic E-state index is 11.9. The molecule has 1 amide bonds. The predicted molar refractivity (Wildman–Crippen MR) is 75.0 cm³/mol. The van der Waals surface area contributed by atoms with Crippen LogP contribution in [0.15, 0.2) is 24.3 Å². The number of amides is 1. The molecule has 0 aliphatic carbocycles. The lowest BCUT2D eigenvalue weighted by atomic mass is 10.2. The fourth-order valence-electron chi connectivity index (χ4n) is 1.80. The molecular formula is C15H23NO3. The zero-order valence-corrected chi connectivity index (χ0v) is 11.8. The van der Waals surface area contributed by atoms with Crippen molar-refractivity contribution in [2.75, 3.05) is 0 Å². The van der Waals surface area contributed by atoms with Gasteiger partial charge < -0.3 is 15.2 Å². The first-order chi connectivity index (χ1) is 9.06. The Kier molecular flexibility index (Phi) is 6.36. The SMILES string of the molecule is CCCC(C)NC(=O)C(C)Oc1ccc(CO)cc1. The monoisotopic (exact) mass is 265 g/mol. The van der Waals surface area contributed by atoms with Crippen molar-refractivity contribution < 1.29 is 14.6 Å². The van der Waals surface area contributed by atoms with Crippen LogP contribution < -0.4 is 10.1 Å². The van der Waals surface area contributed by atoms with Crippen LogP contribution in [0.1, 0.15) is 39.2 Å². The highest BCUT2D eigenvalue weighted by molar-refractivity contribution is 5.80. The van der Waals surface area contributed by atoms with E-state index in [0.29, 0.717) is 5.75 Å². The molecule has 4 heteroatoms. The van der Waals surface area contributed by atoms with Gasteiger partial charge in [0, 0.05) is 6.04 Å². The second-order valence-corrected chi connectivity index (χ2v) is 4.76. The molecule has 0 aliphatic heterocycles. The van der Waals surface area contributed by atoms with E-state index in [4.69, 9.17) is 9.84 Å². The van der Waals surface area contributed by atoms with Gasteiger partial charge in [0.2, 0.25) is 0 Å². The van der Waals surface area contributed by atoms with Crippen LogP contribution in [0.25, 0.3) is 0 Å². The Hall–Kier alpha value is -1.55. The third kappa shape index (κ3) is 5.30. The maximum Gasteiger partial charge on any atom is 0.260 e. The minimum absolute atomic E-state index is 0.00481. The molecule has 0 spiro atoms. The lowest BCUT2D eigenvalue weighted by Gasteiger charge is -2.18. The molecule has 19 heavy (non-hydrogen) atoms. The lowest BCUT2D eigenvalue weighted by Crippen LogP contribution is -2.41. The highest BCUT2D eigenvalue weighted by Gasteiger charge is 2.16. The average molecular weight is 265 g/mol. The molecule has 2 unspecified atom stereocenters. The molecule has 106 valence electrons. The Morgan fingerprint density at radius 1 is 1.32 bits per heavy atom. The fraction of sp³-hybridized carbons (Fsp3) is 0.533. The molecule has 0 aliphatic rings. The zero-order chi connectivity index (χ0) is 14.3. The van der Waals surface area contributed by atoms with Crippen molar-refractivity contribution in [3.63, 3.8) is 0 Å². The zero-order valence-electron chi connectivity index (χ0n) is 11.8. The molecular weight excluding hydrogens is 242 g/mol. The number of carbonyl (C=O) groups is 1. The van der Waals surface area contributed by atoms with Crippen LogP contribution in [-0.2, 0) is 11.4 Å². The number of aliphatic hydroxyl groups is 1. The summed E-state index contributed by atoms with van der Waals surface area (Å²) in [6, 6.07) is 7.23. The highest BCUT2D eigenvalue weighted by Crippen LogP contribution is 2.14. The molecule has 1 rings (SSSR count). The molecule has 1 aromatic carbocycles. The first-order valence-corrected chi connectivity index (χ1v) is 6.73. The third-order valence-electron chi connectivity index (χ3n) is 2.90. The topological polar surface area (TPSA) is 58.6 Å². The molecule has 0 heterocycles. The van der Waals surface area contributed by atoms with Crippen LogP contribution in [0, 0.1) is 0 Å². The summed E-state index contributed by atoms with van der Waals surface area (Å²) in [6.45, 7) is 5.81. The number of nitrogens with one attached hydrogen (secondary N) is 1. The van der Waals surface area contributed by atoms with Crippen molar-refractivity contribution in [2.24, 2.45) is 0 Å². The van der Waals surface area contributed by atoms with E-state index in [1.165, 1.54) is 0 Å². The molecule has 0 radical (unpaired) electrons. The van der Waals surface area contributed by atoms with E-state index in [0.717, 1.165) is 18.4 Å². The van der Waals surface area contributed by atoms with Crippen LogP contribution in [0.5, 0.6) is 5.75 Å². The number of hydrogen-bond acceptors (Lipinski definition) is 3. The normalized spacial score (nSPS) is 13.7. The van der Waals surface area contributed by atoms with Crippen LogP contribution in [-0.4, -0.2) is 23.2 Å². The van der Waals surface area contributed by atoms with Crippen LogP contribution in [0.3, 0.4) is 0 Å². The van der Waals surface area contributed by atoms with Gasteiger partial charge in [-0.1, -0.05) is 25.5 Å². The van der Waals surface area contributed by atoms with Gasteiger partial charge in [-0.3, -0.25) is 4.79 Å². The minimum atomic E-state index is -0.528. The Labute approximate surface area is 114 Å². The van der Waals surface area contributed by atoms with E-state index >= 15 is 0 Å². The summed E-state index contributed by atoms with van der Waals surface area (Å²) in [5.41, 5.74) is 0.820. The van der Waals surface area contributed by atoms with Crippen molar-refractivity contribution in [1.29, 1.82) is 0 Å². The Bertz CT molecular complexity index is 389. The summed E-state index contributed by atoms with van der Waals surface area (Å²) in [4.78, 5) is 11.9. The van der Waals surface area contributed by atoms with Gasteiger partial charge in [0.15, 0.2) is 6.10 Å². The second-order valence-electron chi connectivity index (χ2n) is 4.76. The number of rotatable bonds is 7. The van der Waals surface area contributed by atoms with Gasteiger partial charge in [0.05, 0.1) is 6.61 Å². The summed E-state index contributed by atoms with van der Waals surface area (Å²) >= 11 is 0. The Morgan fingerprint density at radius 2 is 1.95 bits per heavy atom. The van der Waals surface area contributed by atoms with E-state index in [2.05, 4.69) is 12.2 Å². The van der Waals surface area contributed by atoms with E-state index in [9.17, 15) is 4.79 Å². The van der Waals surface area contributed by atoms with Crippen molar-refractivity contribution in [3.05, 3.63) is 29.8 Å². The molecule has 2 atom stereocenters. The van der Waals surface area contributed by atoms with Crippen molar-refractivity contribution in [3.8, 4) is 5.75 Å². The smallest absolute Gasteiger partial charge is 0.260 e. The van der Waals surface area contributed by atoms with Crippen molar-refractivity contribution >= 4 is 5.91 Å². The van der Waals surface area contributed by atoms with Crippen molar-refractivity contribution in [2.45, 2.75) is 52.4 Å². The third-order valence-corrected chi connectivity index (χ3v) is 2.90. The largest absolute Gasteiger partial charge is 0.481 e. The van der Waals surface area contributed by atoms with Gasteiger partial charge >= 0.3 is 0 Å². The number of aliphatic hydroxyl groups excluding tert-OH is 1. The molecule has 2 N–H and O–H groups in total. The first-order valence-electron chi connectivity index (χ1n) is 6.73. The van der Waals surface area contributed by atoms with Gasteiger partial charge in [-0.15, -0.1) is 0 Å². The Morgan fingerprint density at radius 3 is 2.47 bits per heavy atom. The molecule has 1 aromatic rings. The number of ether oxygens (including phenoxy) is 1. The fourth-order valence-corrected chi connectivity index (χ4v) is 1.80. The van der Waals surface area contributed by atoms with Gasteiger partial charge in [-0.2, -0.15) is 0 Å². The number of carbonyl (C=O) groups excluding carboxylic acids is 1. The standard InChI is InChI=1S/C15H23NO3/c1-4-5-11(2)16-15(18)12(3)19-14-8-6-13(10-17)7-9-14/h6-9,11-12,17H,4-5,10H2,1-3H3,(H,16,18). The summed E-state index contributed by atoms with van der Waals surface area (Å²) in [7, 11) is 0. The summed E-state index contributed by atoms with van der Waals surface area (Å²) in [6.07, 6.45) is 1.47. The van der Waals surface area contributed by atoms with Gasteiger partial charge in [-0.25, -0.2) is 0 Å². The second kappa shape index (κ2) is 7.79.